The quantitative estimate of drug-likeness (QED) is 0.401. The summed E-state index contributed by atoms with van der Waals surface area (Å²) in [6.45, 7) is 6.39. The molecule has 2 aromatic rings. The Hall–Kier alpha value is -1.68. The molecule has 1 aromatic carbocycles. The first-order valence-electron chi connectivity index (χ1n) is 9.43. The standard InChI is InChI=1S/C20H26FN5O.HI/c1-15-16(12-26(24-15)18-5-3-17(21)4-6-18)11-23-19(22-2)25-9-7-20(13-25)8-10-27-14-20;/h3-6,12H,7-11,13-14H2,1-2H3,(H,22,23);1H. The van der Waals surface area contributed by atoms with Gasteiger partial charge in [0, 0.05) is 50.5 Å². The molecule has 4 rings (SSSR count). The highest BCUT2D eigenvalue weighted by atomic mass is 127. The van der Waals surface area contributed by atoms with E-state index in [0.717, 1.165) is 62.0 Å². The predicted octanol–water partition coefficient (Wildman–Crippen LogP) is 3.13. The van der Waals surface area contributed by atoms with E-state index < -0.39 is 0 Å². The van der Waals surface area contributed by atoms with Crippen LogP contribution in [0.25, 0.3) is 5.69 Å². The van der Waals surface area contributed by atoms with E-state index in [9.17, 15) is 4.39 Å². The van der Waals surface area contributed by atoms with Gasteiger partial charge in [-0.2, -0.15) is 5.10 Å². The highest BCUT2D eigenvalue weighted by Crippen LogP contribution is 2.38. The molecule has 2 saturated heterocycles. The fraction of sp³-hybridized carbons (Fsp3) is 0.500. The van der Waals surface area contributed by atoms with Crippen LogP contribution in [0.15, 0.2) is 35.5 Å². The SMILES string of the molecule is CN=C(NCc1cn(-c2ccc(F)cc2)nc1C)N1CCC2(CCOC2)C1.I. The largest absolute Gasteiger partial charge is 0.381 e. The molecule has 28 heavy (non-hydrogen) atoms. The Morgan fingerprint density at radius 3 is 2.79 bits per heavy atom. The first kappa shape index (κ1) is 21.0. The lowest BCUT2D eigenvalue weighted by Crippen LogP contribution is -2.41. The van der Waals surface area contributed by atoms with E-state index in [1.54, 1.807) is 16.8 Å². The first-order chi connectivity index (χ1) is 13.1. The number of rotatable bonds is 3. The van der Waals surface area contributed by atoms with Crippen LogP contribution in [0.2, 0.25) is 0 Å². The third-order valence-electron chi connectivity index (χ3n) is 5.66. The summed E-state index contributed by atoms with van der Waals surface area (Å²) >= 11 is 0. The van der Waals surface area contributed by atoms with Gasteiger partial charge in [0.25, 0.3) is 0 Å². The number of nitrogens with one attached hydrogen (secondary N) is 1. The Bertz CT molecular complexity index is 830. The van der Waals surface area contributed by atoms with Gasteiger partial charge in [-0.05, 0) is 44.0 Å². The molecule has 0 amide bonds. The Morgan fingerprint density at radius 1 is 1.32 bits per heavy atom. The molecule has 2 aliphatic rings. The van der Waals surface area contributed by atoms with E-state index >= 15 is 0 Å². The molecule has 152 valence electrons. The summed E-state index contributed by atoms with van der Waals surface area (Å²) in [5.41, 5.74) is 3.20. The molecule has 2 aliphatic heterocycles. The van der Waals surface area contributed by atoms with Crippen molar-refractivity contribution < 1.29 is 9.13 Å². The van der Waals surface area contributed by atoms with Crippen LogP contribution in [0.3, 0.4) is 0 Å². The molecule has 1 aromatic heterocycles. The number of nitrogens with zero attached hydrogens (tertiary/aromatic N) is 4. The zero-order valence-electron chi connectivity index (χ0n) is 16.3. The lowest BCUT2D eigenvalue weighted by Gasteiger charge is -2.24. The fourth-order valence-electron chi connectivity index (χ4n) is 3.99. The van der Waals surface area contributed by atoms with Crippen LogP contribution in [0.4, 0.5) is 4.39 Å². The molecular formula is C20H27FIN5O. The van der Waals surface area contributed by atoms with E-state index in [0.29, 0.717) is 12.0 Å². The van der Waals surface area contributed by atoms with Crippen molar-refractivity contribution in [3.05, 3.63) is 47.5 Å². The average Bonchev–Trinajstić information content (AvgIpc) is 3.39. The molecule has 1 unspecified atom stereocenters. The summed E-state index contributed by atoms with van der Waals surface area (Å²) in [6.07, 6.45) is 4.29. The van der Waals surface area contributed by atoms with Gasteiger partial charge in [-0.15, -0.1) is 24.0 Å². The molecule has 6 nitrogen and oxygen atoms in total. The second-order valence-corrected chi connectivity index (χ2v) is 7.54. The number of halogens is 2. The van der Waals surface area contributed by atoms with Crippen molar-refractivity contribution in [2.45, 2.75) is 26.3 Å². The predicted molar refractivity (Wildman–Crippen MR) is 118 cm³/mol. The minimum absolute atomic E-state index is 0. The van der Waals surface area contributed by atoms with Crippen LogP contribution in [0.1, 0.15) is 24.1 Å². The normalized spacial score (nSPS) is 22.0. The number of aryl methyl sites for hydroxylation is 1. The van der Waals surface area contributed by atoms with Crippen molar-refractivity contribution in [3.8, 4) is 5.69 Å². The zero-order chi connectivity index (χ0) is 18.9. The molecule has 8 heteroatoms. The van der Waals surface area contributed by atoms with Crippen molar-refractivity contribution in [1.29, 1.82) is 0 Å². The van der Waals surface area contributed by atoms with Gasteiger partial charge >= 0.3 is 0 Å². The van der Waals surface area contributed by atoms with Crippen LogP contribution in [-0.2, 0) is 11.3 Å². The third kappa shape index (κ3) is 4.32. The minimum atomic E-state index is -0.246. The number of hydrogen-bond donors (Lipinski definition) is 1. The Morgan fingerprint density at radius 2 is 2.11 bits per heavy atom. The molecule has 2 fully saturated rings. The Balaban J connectivity index is 0.00000225. The van der Waals surface area contributed by atoms with E-state index in [4.69, 9.17) is 4.74 Å². The molecule has 1 spiro atoms. The van der Waals surface area contributed by atoms with Gasteiger partial charge in [-0.25, -0.2) is 9.07 Å². The summed E-state index contributed by atoms with van der Waals surface area (Å²) in [5, 5.41) is 8.02. The fourth-order valence-corrected chi connectivity index (χ4v) is 3.99. The van der Waals surface area contributed by atoms with Crippen molar-refractivity contribution in [2.75, 3.05) is 33.4 Å². The number of aromatic nitrogens is 2. The van der Waals surface area contributed by atoms with Gasteiger partial charge in [0.2, 0.25) is 0 Å². The summed E-state index contributed by atoms with van der Waals surface area (Å²) in [4.78, 5) is 6.79. The topological polar surface area (TPSA) is 54.7 Å². The van der Waals surface area contributed by atoms with E-state index in [2.05, 4.69) is 20.3 Å². The molecule has 0 bridgehead atoms. The lowest BCUT2D eigenvalue weighted by atomic mass is 9.87. The average molecular weight is 499 g/mol. The number of hydrogen-bond acceptors (Lipinski definition) is 3. The van der Waals surface area contributed by atoms with E-state index in [1.165, 1.54) is 12.1 Å². The summed E-state index contributed by atoms with van der Waals surface area (Å²) in [5.74, 6) is 0.678. The smallest absolute Gasteiger partial charge is 0.193 e. The summed E-state index contributed by atoms with van der Waals surface area (Å²) < 4.78 is 20.5. The number of guanidine groups is 1. The van der Waals surface area contributed by atoms with Gasteiger partial charge in [-0.1, -0.05) is 0 Å². The molecule has 1 N–H and O–H groups in total. The van der Waals surface area contributed by atoms with Gasteiger partial charge in [0.1, 0.15) is 5.82 Å². The Labute approximate surface area is 182 Å². The van der Waals surface area contributed by atoms with Crippen LogP contribution in [0.5, 0.6) is 0 Å². The van der Waals surface area contributed by atoms with Crippen molar-refractivity contribution in [1.82, 2.24) is 20.0 Å². The second-order valence-electron chi connectivity index (χ2n) is 7.54. The highest BCUT2D eigenvalue weighted by molar-refractivity contribution is 14.0. The molecule has 0 radical (unpaired) electrons. The zero-order valence-corrected chi connectivity index (χ0v) is 18.7. The van der Waals surface area contributed by atoms with Crippen LogP contribution in [0, 0.1) is 18.2 Å². The first-order valence-corrected chi connectivity index (χ1v) is 9.43. The third-order valence-corrected chi connectivity index (χ3v) is 5.66. The Kier molecular flexibility index (Phi) is 6.59. The number of aliphatic imine (C=N–C) groups is 1. The molecule has 3 heterocycles. The van der Waals surface area contributed by atoms with Gasteiger partial charge in [0.15, 0.2) is 5.96 Å². The number of benzene rings is 1. The monoisotopic (exact) mass is 499 g/mol. The van der Waals surface area contributed by atoms with Gasteiger partial charge in [0.05, 0.1) is 18.0 Å². The summed E-state index contributed by atoms with van der Waals surface area (Å²) in [7, 11) is 1.83. The van der Waals surface area contributed by atoms with Gasteiger partial charge in [-0.3, -0.25) is 4.99 Å². The van der Waals surface area contributed by atoms with E-state index in [-0.39, 0.29) is 29.8 Å². The number of ether oxygens (including phenoxy) is 1. The molecule has 0 aliphatic carbocycles. The van der Waals surface area contributed by atoms with Crippen molar-refractivity contribution in [2.24, 2.45) is 10.4 Å². The maximum atomic E-state index is 13.1. The van der Waals surface area contributed by atoms with Crippen LogP contribution in [-0.4, -0.2) is 54.0 Å². The second kappa shape index (κ2) is 8.77. The van der Waals surface area contributed by atoms with Crippen molar-refractivity contribution in [3.63, 3.8) is 0 Å². The highest BCUT2D eigenvalue weighted by Gasteiger charge is 2.42. The van der Waals surface area contributed by atoms with Gasteiger partial charge < -0.3 is 15.0 Å². The van der Waals surface area contributed by atoms with E-state index in [1.807, 2.05) is 20.2 Å². The maximum absolute atomic E-state index is 13.1. The number of likely N-dealkylation sites (tertiary alicyclic amines) is 1. The van der Waals surface area contributed by atoms with Crippen LogP contribution < -0.4 is 5.32 Å². The molecular weight excluding hydrogens is 472 g/mol. The lowest BCUT2D eigenvalue weighted by molar-refractivity contribution is 0.156. The maximum Gasteiger partial charge on any atom is 0.193 e. The van der Waals surface area contributed by atoms with Crippen molar-refractivity contribution >= 4 is 29.9 Å². The molecule has 0 saturated carbocycles. The van der Waals surface area contributed by atoms with Crippen LogP contribution >= 0.6 is 24.0 Å². The minimum Gasteiger partial charge on any atom is -0.381 e. The molecule has 1 atom stereocenters. The summed E-state index contributed by atoms with van der Waals surface area (Å²) in [6, 6.07) is 6.35.